The second kappa shape index (κ2) is 5.08. The lowest BCUT2D eigenvalue weighted by Gasteiger charge is -2.16. The molecule has 1 fully saturated rings. The Morgan fingerprint density at radius 3 is 2.50 bits per heavy atom. The third-order valence-corrected chi connectivity index (χ3v) is 3.14. The van der Waals surface area contributed by atoms with E-state index < -0.39 is 5.91 Å². The summed E-state index contributed by atoms with van der Waals surface area (Å²) in [6, 6.07) is 5.01. The molecular weight excluding hydrogens is 230 g/mol. The van der Waals surface area contributed by atoms with E-state index >= 15 is 0 Å². The van der Waals surface area contributed by atoms with Crippen LogP contribution in [0.5, 0.6) is 0 Å². The molecule has 3 amide bonds. The number of hydrogen-bond donors (Lipinski definition) is 2. The minimum absolute atomic E-state index is 0.0845. The highest BCUT2D eigenvalue weighted by molar-refractivity contribution is 5.96. The summed E-state index contributed by atoms with van der Waals surface area (Å²) in [5, 5.41) is 2.83. The van der Waals surface area contributed by atoms with Gasteiger partial charge in [-0.05, 0) is 43.5 Å². The standard InChI is InChI=1S/C13H17N3O2/c1-9-8-10(4-5-11(9)12(14)17)15-13(18)16-6-2-3-7-16/h4-5,8H,2-3,6-7H2,1H3,(H2,14,17)(H,15,18). The Labute approximate surface area is 106 Å². The third-order valence-electron chi connectivity index (χ3n) is 3.14. The summed E-state index contributed by atoms with van der Waals surface area (Å²) in [4.78, 5) is 24.7. The number of hydrogen-bond acceptors (Lipinski definition) is 2. The van der Waals surface area contributed by atoms with Gasteiger partial charge in [-0.2, -0.15) is 0 Å². The van der Waals surface area contributed by atoms with Gasteiger partial charge in [0.25, 0.3) is 0 Å². The number of nitrogens with zero attached hydrogens (tertiary/aromatic N) is 1. The summed E-state index contributed by atoms with van der Waals surface area (Å²) in [6.45, 7) is 3.42. The van der Waals surface area contributed by atoms with Crippen molar-refractivity contribution in [3.05, 3.63) is 29.3 Å². The molecule has 0 spiro atoms. The molecule has 0 atom stereocenters. The lowest BCUT2D eigenvalue weighted by Crippen LogP contribution is -2.32. The molecule has 0 aliphatic carbocycles. The molecule has 1 aliphatic rings. The number of anilines is 1. The minimum atomic E-state index is -0.454. The molecule has 0 radical (unpaired) electrons. The third kappa shape index (κ3) is 2.61. The van der Waals surface area contributed by atoms with E-state index in [1.807, 2.05) is 0 Å². The summed E-state index contributed by atoms with van der Waals surface area (Å²) >= 11 is 0. The van der Waals surface area contributed by atoms with Crippen LogP contribution in [-0.2, 0) is 0 Å². The van der Waals surface area contributed by atoms with Gasteiger partial charge in [-0.25, -0.2) is 4.79 Å². The Kier molecular flexibility index (Phi) is 3.50. The molecule has 1 aliphatic heterocycles. The first-order chi connectivity index (χ1) is 8.58. The smallest absolute Gasteiger partial charge is 0.321 e. The highest BCUT2D eigenvalue weighted by Crippen LogP contribution is 2.16. The van der Waals surface area contributed by atoms with Crippen molar-refractivity contribution in [2.24, 2.45) is 5.73 Å². The van der Waals surface area contributed by atoms with Crippen LogP contribution in [0, 0.1) is 6.92 Å². The van der Waals surface area contributed by atoms with Crippen molar-refractivity contribution in [3.63, 3.8) is 0 Å². The summed E-state index contributed by atoms with van der Waals surface area (Å²) in [7, 11) is 0. The van der Waals surface area contributed by atoms with Crippen LogP contribution < -0.4 is 11.1 Å². The average Bonchev–Trinajstić information content (AvgIpc) is 2.81. The number of urea groups is 1. The van der Waals surface area contributed by atoms with Crippen LogP contribution in [0.2, 0.25) is 0 Å². The number of carbonyl (C=O) groups excluding carboxylic acids is 2. The van der Waals surface area contributed by atoms with Crippen LogP contribution in [0.25, 0.3) is 0 Å². The Hall–Kier alpha value is -2.04. The Bertz CT molecular complexity index is 479. The molecule has 1 saturated heterocycles. The molecular formula is C13H17N3O2. The quantitative estimate of drug-likeness (QED) is 0.835. The van der Waals surface area contributed by atoms with Gasteiger partial charge in [0.1, 0.15) is 0 Å². The van der Waals surface area contributed by atoms with Crippen molar-refractivity contribution in [2.75, 3.05) is 18.4 Å². The summed E-state index contributed by atoms with van der Waals surface area (Å²) in [5.74, 6) is -0.454. The largest absolute Gasteiger partial charge is 0.366 e. The summed E-state index contributed by atoms with van der Waals surface area (Å²) in [5.41, 5.74) is 7.17. The lowest BCUT2D eigenvalue weighted by molar-refractivity contribution is 0.0999. The molecule has 1 aromatic carbocycles. The molecule has 5 nitrogen and oxygen atoms in total. The van der Waals surface area contributed by atoms with Gasteiger partial charge in [-0.3, -0.25) is 4.79 Å². The van der Waals surface area contributed by atoms with Crippen molar-refractivity contribution in [3.8, 4) is 0 Å². The topological polar surface area (TPSA) is 75.4 Å². The van der Waals surface area contributed by atoms with Crippen LogP contribution in [0.3, 0.4) is 0 Å². The fraction of sp³-hybridized carbons (Fsp3) is 0.385. The van der Waals surface area contributed by atoms with Crippen LogP contribution in [0.15, 0.2) is 18.2 Å². The maximum atomic E-state index is 11.9. The first-order valence-electron chi connectivity index (χ1n) is 6.04. The van der Waals surface area contributed by atoms with Gasteiger partial charge in [0.05, 0.1) is 0 Å². The number of nitrogens with one attached hydrogen (secondary N) is 1. The minimum Gasteiger partial charge on any atom is -0.366 e. The van der Waals surface area contributed by atoms with Gasteiger partial charge >= 0.3 is 6.03 Å². The Morgan fingerprint density at radius 1 is 1.28 bits per heavy atom. The highest BCUT2D eigenvalue weighted by Gasteiger charge is 2.17. The second-order valence-electron chi connectivity index (χ2n) is 4.52. The molecule has 1 aromatic rings. The van der Waals surface area contributed by atoms with E-state index in [1.165, 1.54) is 0 Å². The molecule has 0 aromatic heterocycles. The number of amides is 3. The van der Waals surface area contributed by atoms with Gasteiger partial charge in [0, 0.05) is 24.3 Å². The monoisotopic (exact) mass is 247 g/mol. The van der Waals surface area contributed by atoms with Gasteiger partial charge in [0.2, 0.25) is 5.91 Å². The van der Waals surface area contributed by atoms with Crippen molar-refractivity contribution < 1.29 is 9.59 Å². The maximum Gasteiger partial charge on any atom is 0.321 e. The van der Waals surface area contributed by atoms with E-state index in [2.05, 4.69) is 5.32 Å². The number of nitrogens with two attached hydrogens (primary N) is 1. The first-order valence-corrected chi connectivity index (χ1v) is 6.04. The number of primary amides is 1. The number of carbonyl (C=O) groups is 2. The van der Waals surface area contributed by atoms with Crippen molar-refractivity contribution in [1.82, 2.24) is 4.90 Å². The number of rotatable bonds is 2. The Morgan fingerprint density at radius 2 is 1.94 bits per heavy atom. The molecule has 0 saturated carbocycles. The molecule has 5 heteroatoms. The van der Waals surface area contributed by atoms with Crippen LogP contribution in [0.4, 0.5) is 10.5 Å². The first kappa shape index (κ1) is 12.4. The van der Waals surface area contributed by atoms with E-state index in [4.69, 9.17) is 5.73 Å². The predicted octanol–water partition coefficient (Wildman–Crippen LogP) is 1.72. The number of benzene rings is 1. The SMILES string of the molecule is Cc1cc(NC(=O)N2CCCC2)ccc1C(N)=O. The summed E-state index contributed by atoms with van der Waals surface area (Å²) in [6.07, 6.45) is 2.13. The molecule has 0 bridgehead atoms. The molecule has 96 valence electrons. The zero-order valence-corrected chi connectivity index (χ0v) is 10.4. The van der Waals surface area contributed by atoms with E-state index in [0.717, 1.165) is 31.5 Å². The zero-order chi connectivity index (χ0) is 13.1. The fourth-order valence-corrected chi connectivity index (χ4v) is 2.14. The lowest BCUT2D eigenvalue weighted by atomic mass is 10.1. The molecule has 2 rings (SSSR count). The molecule has 18 heavy (non-hydrogen) atoms. The molecule has 1 heterocycles. The normalized spacial score (nSPS) is 14.6. The van der Waals surface area contributed by atoms with Gasteiger partial charge < -0.3 is 16.0 Å². The second-order valence-corrected chi connectivity index (χ2v) is 4.52. The predicted molar refractivity (Wildman–Crippen MR) is 69.5 cm³/mol. The van der Waals surface area contributed by atoms with Crippen LogP contribution >= 0.6 is 0 Å². The molecule has 3 N–H and O–H groups in total. The average molecular weight is 247 g/mol. The zero-order valence-electron chi connectivity index (χ0n) is 10.4. The van der Waals surface area contributed by atoms with E-state index in [0.29, 0.717) is 11.3 Å². The van der Waals surface area contributed by atoms with Crippen molar-refractivity contribution in [1.29, 1.82) is 0 Å². The highest BCUT2D eigenvalue weighted by atomic mass is 16.2. The van der Waals surface area contributed by atoms with E-state index in [9.17, 15) is 9.59 Å². The van der Waals surface area contributed by atoms with Gasteiger partial charge in [-0.1, -0.05) is 0 Å². The van der Waals surface area contributed by atoms with Crippen LogP contribution in [0.1, 0.15) is 28.8 Å². The van der Waals surface area contributed by atoms with Crippen molar-refractivity contribution >= 4 is 17.6 Å². The Balaban J connectivity index is 2.07. The van der Waals surface area contributed by atoms with Crippen molar-refractivity contribution in [2.45, 2.75) is 19.8 Å². The van der Waals surface area contributed by atoms with Gasteiger partial charge in [-0.15, -0.1) is 0 Å². The maximum absolute atomic E-state index is 11.9. The van der Waals surface area contributed by atoms with Gasteiger partial charge in [0.15, 0.2) is 0 Å². The number of aryl methyl sites for hydroxylation is 1. The van der Waals surface area contributed by atoms with Crippen LogP contribution in [-0.4, -0.2) is 29.9 Å². The van der Waals surface area contributed by atoms with E-state index in [1.54, 1.807) is 30.0 Å². The fourth-order valence-electron chi connectivity index (χ4n) is 2.14. The van der Waals surface area contributed by atoms with E-state index in [-0.39, 0.29) is 6.03 Å². The molecule has 0 unspecified atom stereocenters. The number of likely N-dealkylation sites (tertiary alicyclic amines) is 1. The summed E-state index contributed by atoms with van der Waals surface area (Å²) < 4.78 is 0.